The lowest BCUT2D eigenvalue weighted by molar-refractivity contribution is -0.136. The first kappa shape index (κ1) is 18.7. The molecule has 2 aromatic carbocycles. The van der Waals surface area contributed by atoms with E-state index >= 15 is 0 Å². The van der Waals surface area contributed by atoms with Crippen LogP contribution in [0.3, 0.4) is 0 Å². The molecule has 8 heteroatoms. The number of esters is 1. The Bertz CT molecular complexity index is 861. The lowest BCUT2D eigenvalue weighted by atomic mass is 10.2. The number of amides is 3. The van der Waals surface area contributed by atoms with Crippen molar-refractivity contribution in [3.8, 4) is 0 Å². The second-order valence-corrected chi connectivity index (χ2v) is 5.28. The number of hydrogen-bond donors (Lipinski definition) is 2. The first-order chi connectivity index (χ1) is 12.3. The summed E-state index contributed by atoms with van der Waals surface area (Å²) in [6, 6.07) is 11.8. The number of nitrogens with two attached hydrogens (primary N) is 1. The maximum Gasteiger partial charge on any atom is 0.337 e. The molecule has 134 valence electrons. The molecule has 2 rings (SSSR count). The predicted molar refractivity (Wildman–Crippen MR) is 95.4 cm³/mol. The number of imide groups is 1. The molecule has 8 nitrogen and oxygen atoms in total. The van der Waals surface area contributed by atoms with Crippen molar-refractivity contribution in [2.24, 2.45) is 0 Å². The highest BCUT2D eigenvalue weighted by molar-refractivity contribution is 6.48. The number of nitrogens with zero attached hydrogens (tertiary/aromatic N) is 1. The van der Waals surface area contributed by atoms with Crippen LogP contribution >= 0.6 is 0 Å². The van der Waals surface area contributed by atoms with Gasteiger partial charge in [-0.3, -0.25) is 14.4 Å². The Balaban J connectivity index is 2.18. The third-order valence-electron chi connectivity index (χ3n) is 3.40. The first-order valence-corrected chi connectivity index (χ1v) is 7.53. The van der Waals surface area contributed by atoms with E-state index in [1.165, 1.54) is 50.4 Å². The quantitative estimate of drug-likeness (QED) is 0.490. The van der Waals surface area contributed by atoms with Gasteiger partial charge >= 0.3 is 17.8 Å². The summed E-state index contributed by atoms with van der Waals surface area (Å²) in [6.45, 7) is 1.17. The molecule has 0 fully saturated rings. The van der Waals surface area contributed by atoms with E-state index in [0.717, 1.165) is 4.90 Å². The number of methoxy groups -OCH3 is 1. The second kappa shape index (κ2) is 7.93. The highest BCUT2D eigenvalue weighted by Gasteiger charge is 2.27. The van der Waals surface area contributed by atoms with Crippen molar-refractivity contribution in [3.05, 3.63) is 54.1 Å². The van der Waals surface area contributed by atoms with E-state index < -0.39 is 23.7 Å². The van der Waals surface area contributed by atoms with Crippen LogP contribution in [0.5, 0.6) is 0 Å². The molecule has 0 radical (unpaired) electrons. The smallest absolute Gasteiger partial charge is 0.337 e. The molecule has 0 saturated carbocycles. The molecule has 2 aromatic rings. The molecule has 3 N–H and O–H groups in total. The number of rotatable bonds is 3. The van der Waals surface area contributed by atoms with Gasteiger partial charge in [-0.05, 0) is 42.5 Å². The van der Waals surface area contributed by atoms with Gasteiger partial charge in [-0.2, -0.15) is 0 Å². The summed E-state index contributed by atoms with van der Waals surface area (Å²) in [5.41, 5.74) is 6.78. The van der Waals surface area contributed by atoms with E-state index in [1.807, 2.05) is 0 Å². The summed E-state index contributed by atoms with van der Waals surface area (Å²) in [5.74, 6) is -3.21. The van der Waals surface area contributed by atoms with Gasteiger partial charge < -0.3 is 15.8 Å². The van der Waals surface area contributed by atoms with Gasteiger partial charge in [-0.25, -0.2) is 9.69 Å². The lowest BCUT2D eigenvalue weighted by Crippen LogP contribution is -2.42. The number of ether oxygens (including phenoxy) is 1. The first-order valence-electron chi connectivity index (χ1n) is 7.53. The standard InChI is InChI=1S/C18H17N3O5/c1-11(22)21(15-5-3-4-13(19)10-15)17(24)16(23)20-14-8-6-12(7-9-14)18(25)26-2/h3-10H,19H2,1-2H3,(H,20,23). The van der Waals surface area contributed by atoms with E-state index in [4.69, 9.17) is 5.73 Å². The summed E-state index contributed by atoms with van der Waals surface area (Å²) < 4.78 is 4.58. The van der Waals surface area contributed by atoms with Gasteiger partial charge in [0, 0.05) is 18.3 Å². The van der Waals surface area contributed by atoms with Crippen LogP contribution in [0.4, 0.5) is 17.1 Å². The normalized spacial score (nSPS) is 9.92. The molecule has 0 bridgehead atoms. The predicted octanol–water partition coefficient (Wildman–Crippen LogP) is 1.57. The van der Waals surface area contributed by atoms with Crippen molar-refractivity contribution in [2.45, 2.75) is 6.92 Å². The third kappa shape index (κ3) is 4.23. The van der Waals surface area contributed by atoms with Crippen molar-refractivity contribution in [2.75, 3.05) is 23.1 Å². The summed E-state index contributed by atoms with van der Waals surface area (Å²) >= 11 is 0. The van der Waals surface area contributed by atoms with Gasteiger partial charge in [0.15, 0.2) is 0 Å². The number of nitrogen functional groups attached to an aromatic ring is 1. The zero-order valence-electron chi connectivity index (χ0n) is 14.2. The summed E-state index contributed by atoms with van der Waals surface area (Å²) in [6.07, 6.45) is 0. The maximum absolute atomic E-state index is 12.4. The molecule has 0 spiro atoms. The molecule has 0 heterocycles. The van der Waals surface area contributed by atoms with Crippen LogP contribution in [0.25, 0.3) is 0 Å². The minimum Gasteiger partial charge on any atom is -0.465 e. The number of carbonyl (C=O) groups excluding carboxylic acids is 4. The van der Waals surface area contributed by atoms with Gasteiger partial charge in [-0.15, -0.1) is 0 Å². The molecule has 0 aliphatic carbocycles. The highest BCUT2D eigenvalue weighted by Crippen LogP contribution is 2.19. The Morgan fingerprint density at radius 3 is 2.23 bits per heavy atom. The minimum atomic E-state index is -1.06. The van der Waals surface area contributed by atoms with Gasteiger partial charge in [0.05, 0.1) is 18.4 Å². The van der Waals surface area contributed by atoms with E-state index in [9.17, 15) is 19.2 Å². The molecule has 26 heavy (non-hydrogen) atoms. The van der Waals surface area contributed by atoms with Gasteiger partial charge in [0.25, 0.3) is 0 Å². The molecule has 0 atom stereocenters. The average molecular weight is 355 g/mol. The number of nitrogens with one attached hydrogen (secondary N) is 1. The molecule has 0 aliphatic rings. The Hall–Kier alpha value is -3.68. The maximum atomic E-state index is 12.4. The van der Waals surface area contributed by atoms with E-state index in [2.05, 4.69) is 10.1 Å². The van der Waals surface area contributed by atoms with Crippen LogP contribution in [0.1, 0.15) is 17.3 Å². The molecular weight excluding hydrogens is 338 g/mol. The summed E-state index contributed by atoms with van der Waals surface area (Å²) in [4.78, 5) is 48.6. The largest absolute Gasteiger partial charge is 0.465 e. The van der Waals surface area contributed by atoms with Gasteiger partial charge in [0.1, 0.15) is 0 Å². The van der Waals surface area contributed by atoms with Crippen molar-refractivity contribution in [1.29, 1.82) is 0 Å². The van der Waals surface area contributed by atoms with E-state index in [0.29, 0.717) is 11.3 Å². The van der Waals surface area contributed by atoms with Gasteiger partial charge in [-0.1, -0.05) is 6.07 Å². The average Bonchev–Trinajstić information content (AvgIpc) is 2.61. The lowest BCUT2D eigenvalue weighted by Gasteiger charge is -2.19. The molecule has 0 saturated heterocycles. The Kier molecular flexibility index (Phi) is 5.69. The molecule has 3 amide bonds. The Morgan fingerprint density at radius 1 is 1.04 bits per heavy atom. The van der Waals surface area contributed by atoms with Crippen molar-refractivity contribution >= 4 is 40.8 Å². The van der Waals surface area contributed by atoms with E-state index in [1.54, 1.807) is 12.1 Å². The number of carbonyl (C=O) groups is 4. The van der Waals surface area contributed by atoms with E-state index in [-0.39, 0.29) is 11.4 Å². The van der Waals surface area contributed by atoms with Crippen LogP contribution in [-0.4, -0.2) is 30.8 Å². The summed E-state index contributed by atoms with van der Waals surface area (Å²) in [5, 5.41) is 2.38. The topological polar surface area (TPSA) is 119 Å². The summed E-state index contributed by atoms with van der Waals surface area (Å²) in [7, 11) is 1.25. The fourth-order valence-electron chi connectivity index (χ4n) is 2.20. The van der Waals surface area contributed by atoms with Crippen LogP contribution < -0.4 is 16.0 Å². The number of benzene rings is 2. The monoisotopic (exact) mass is 355 g/mol. The number of anilines is 3. The van der Waals surface area contributed by atoms with Crippen LogP contribution in [-0.2, 0) is 19.1 Å². The molecule has 0 aromatic heterocycles. The van der Waals surface area contributed by atoms with Crippen molar-refractivity contribution in [3.63, 3.8) is 0 Å². The van der Waals surface area contributed by atoms with Crippen molar-refractivity contribution in [1.82, 2.24) is 0 Å². The molecule has 0 unspecified atom stereocenters. The molecular formula is C18H17N3O5. The Labute approximate surface area is 149 Å². The zero-order valence-corrected chi connectivity index (χ0v) is 14.2. The van der Waals surface area contributed by atoms with Crippen LogP contribution in [0.15, 0.2) is 48.5 Å². The Morgan fingerprint density at radius 2 is 1.69 bits per heavy atom. The fourth-order valence-corrected chi connectivity index (χ4v) is 2.20. The third-order valence-corrected chi connectivity index (χ3v) is 3.40. The van der Waals surface area contributed by atoms with Gasteiger partial charge in [0.2, 0.25) is 5.91 Å². The zero-order chi connectivity index (χ0) is 19.3. The number of hydrogen-bond acceptors (Lipinski definition) is 6. The SMILES string of the molecule is COC(=O)c1ccc(NC(=O)C(=O)N(C(C)=O)c2cccc(N)c2)cc1. The van der Waals surface area contributed by atoms with Crippen LogP contribution in [0, 0.1) is 0 Å². The highest BCUT2D eigenvalue weighted by atomic mass is 16.5. The fraction of sp³-hybridized carbons (Fsp3) is 0.111. The van der Waals surface area contributed by atoms with Crippen LogP contribution in [0.2, 0.25) is 0 Å². The second-order valence-electron chi connectivity index (χ2n) is 5.28. The van der Waals surface area contributed by atoms with Crippen molar-refractivity contribution < 1.29 is 23.9 Å². The molecule has 0 aliphatic heterocycles. The minimum absolute atomic E-state index is 0.193.